The highest BCUT2D eigenvalue weighted by Crippen LogP contribution is 2.76. The number of aliphatic hydroxyl groups excluding tert-OH is 1. The smallest absolute Gasteiger partial charge is 0.315 e. The number of aliphatic hydroxyl groups is 1. The second-order valence-corrected chi connectivity index (χ2v) is 24.0. The molecule has 0 spiro atoms. The van der Waals surface area contributed by atoms with E-state index in [9.17, 15) is 18.3 Å². The second-order valence-electron chi connectivity index (χ2n) is 21.7. The van der Waals surface area contributed by atoms with Gasteiger partial charge in [-0.15, -0.1) is 0 Å². The summed E-state index contributed by atoms with van der Waals surface area (Å²) in [5.41, 5.74) is 5.23. The van der Waals surface area contributed by atoms with Crippen LogP contribution in [-0.4, -0.2) is 74.2 Å². The zero-order chi connectivity index (χ0) is 41.4. The Labute approximate surface area is 350 Å². The van der Waals surface area contributed by atoms with Crippen LogP contribution in [0.1, 0.15) is 124 Å². The molecule has 7 nitrogen and oxygen atoms in total. The summed E-state index contributed by atoms with van der Waals surface area (Å²) in [6.45, 7) is 23.3. The summed E-state index contributed by atoms with van der Waals surface area (Å²) in [7, 11) is -2.87. The van der Waals surface area contributed by atoms with E-state index in [-0.39, 0.29) is 46.4 Å². The Balaban J connectivity index is 0.996. The molecule has 2 N–H and O–H groups in total. The summed E-state index contributed by atoms with van der Waals surface area (Å²) in [6.07, 6.45) is 18.0. The topological polar surface area (TPSA) is 95.9 Å². The van der Waals surface area contributed by atoms with Crippen LogP contribution in [0.25, 0.3) is 0 Å². The number of esters is 1. The Morgan fingerprint density at radius 3 is 2.31 bits per heavy atom. The number of nitrogens with zero attached hydrogens (tertiary/aromatic N) is 1. The lowest BCUT2D eigenvalue weighted by molar-refractivity contribution is -0.221. The quantitative estimate of drug-likeness (QED) is 0.180. The number of carbonyl (C=O) groups is 1. The van der Waals surface area contributed by atoms with E-state index in [0.29, 0.717) is 67.0 Å². The van der Waals surface area contributed by atoms with Gasteiger partial charge in [0.1, 0.15) is 6.61 Å². The second kappa shape index (κ2) is 15.3. The Hall–Kier alpha value is -2.26. The standard InChI is InChI=1S/C50H74N2O5S/c1-35(2)38-17-24-50(51-27-28-52-29-31-58(55,56)32-30-52)26-25-47(6)40(43(38)50)13-14-42-46(5)20-18-39(45(3,4)41(46)19-21-48(42,47)7)37-15-22-49(34-53,23-16-37)44(54)57-33-36-11-9-8-10-12-36/h8-12,15,18,38,40-43,51,53H,1,13-14,16-17,19-34H2,2-7H3/t38?,40-,41+,42-,43-,46+,47-,48-,49?,50+/m1/s1. The van der Waals surface area contributed by atoms with Crippen LogP contribution in [0.3, 0.4) is 0 Å². The zero-order valence-corrected chi connectivity index (χ0v) is 37.5. The molecule has 8 heteroatoms. The Bertz CT molecular complexity index is 1910. The predicted octanol–water partition coefficient (Wildman–Crippen LogP) is 9.09. The molecule has 7 aliphatic rings. The lowest BCUT2D eigenvalue weighted by atomic mass is 9.33. The molecule has 0 radical (unpaired) electrons. The fourth-order valence-corrected chi connectivity index (χ4v) is 16.7. The average molecular weight is 815 g/mol. The number of hydrogen-bond acceptors (Lipinski definition) is 7. The molecule has 1 aromatic rings. The maximum atomic E-state index is 13.5. The molecular weight excluding hydrogens is 741 g/mol. The third kappa shape index (κ3) is 6.85. The van der Waals surface area contributed by atoms with Crippen molar-refractivity contribution in [2.45, 2.75) is 131 Å². The van der Waals surface area contributed by atoms with Gasteiger partial charge in [-0.1, -0.05) is 89.3 Å². The van der Waals surface area contributed by atoms with E-state index in [1.807, 2.05) is 30.3 Å². The van der Waals surface area contributed by atoms with E-state index < -0.39 is 15.3 Å². The minimum absolute atomic E-state index is 0.0195. The Kier molecular flexibility index (Phi) is 11.2. The number of allylic oxidation sites excluding steroid dienone is 5. The maximum absolute atomic E-state index is 13.5. The van der Waals surface area contributed by atoms with Gasteiger partial charge in [-0.2, -0.15) is 0 Å². The van der Waals surface area contributed by atoms with E-state index in [0.717, 1.165) is 31.5 Å². The molecule has 1 saturated heterocycles. The number of benzene rings is 1. The van der Waals surface area contributed by atoms with Gasteiger partial charge >= 0.3 is 5.97 Å². The highest BCUT2D eigenvalue weighted by atomic mass is 32.2. The first-order chi connectivity index (χ1) is 27.4. The van der Waals surface area contributed by atoms with Crippen molar-refractivity contribution in [3.8, 4) is 0 Å². The number of rotatable bonds is 10. The van der Waals surface area contributed by atoms with Gasteiger partial charge in [-0.3, -0.25) is 4.79 Å². The first-order valence-corrected chi connectivity index (χ1v) is 24.8. The highest BCUT2D eigenvalue weighted by Gasteiger charge is 2.70. The molecule has 6 aliphatic carbocycles. The number of sulfone groups is 1. The van der Waals surface area contributed by atoms with Crippen LogP contribution in [-0.2, 0) is 26.0 Å². The summed E-state index contributed by atoms with van der Waals surface area (Å²) in [5, 5.41) is 14.8. The Morgan fingerprint density at radius 2 is 1.64 bits per heavy atom. The van der Waals surface area contributed by atoms with Gasteiger partial charge in [0.15, 0.2) is 9.84 Å². The third-order valence-electron chi connectivity index (χ3n) is 18.9. The Morgan fingerprint density at radius 1 is 0.897 bits per heavy atom. The lowest BCUT2D eigenvalue weighted by Crippen LogP contribution is -2.68. The summed E-state index contributed by atoms with van der Waals surface area (Å²) in [6, 6.07) is 9.80. The van der Waals surface area contributed by atoms with Crippen molar-refractivity contribution in [3.63, 3.8) is 0 Å². The predicted molar refractivity (Wildman–Crippen MR) is 234 cm³/mol. The van der Waals surface area contributed by atoms with E-state index in [1.54, 1.807) is 0 Å². The molecule has 8 rings (SSSR count). The van der Waals surface area contributed by atoms with Gasteiger partial charge < -0.3 is 20.1 Å². The van der Waals surface area contributed by atoms with E-state index in [4.69, 9.17) is 4.74 Å². The van der Waals surface area contributed by atoms with Gasteiger partial charge in [0.05, 0.1) is 23.5 Å². The van der Waals surface area contributed by atoms with Crippen LogP contribution in [0.4, 0.5) is 0 Å². The normalized spacial score (nSPS) is 41.8. The van der Waals surface area contributed by atoms with Crippen molar-refractivity contribution in [3.05, 3.63) is 71.3 Å². The molecule has 2 unspecified atom stereocenters. The zero-order valence-electron chi connectivity index (χ0n) is 36.7. The van der Waals surface area contributed by atoms with E-state index in [1.165, 1.54) is 68.1 Å². The largest absolute Gasteiger partial charge is 0.460 e. The molecule has 58 heavy (non-hydrogen) atoms. The number of fused-ring (bicyclic) bond motifs is 7. The molecule has 1 aromatic carbocycles. The molecule has 0 amide bonds. The number of carbonyl (C=O) groups excluding carboxylic acids is 1. The number of hydrogen-bond donors (Lipinski definition) is 2. The molecule has 4 saturated carbocycles. The van der Waals surface area contributed by atoms with E-state index in [2.05, 4.69) is 70.5 Å². The fraction of sp³-hybridized carbons (Fsp3) is 0.740. The molecule has 1 aliphatic heterocycles. The highest BCUT2D eigenvalue weighted by molar-refractivity contribution is 7.91. The average Bonchev–Trinajstić information content (AvgIpc) is 3.58. The number of nitrogens with one attached hydrogen (secondary N) is 1. The molecular formula is C50H74N2O5S. The molecule has 320 valence electrons. The molecule has 1 heterocycles. The monoisotopic (exact) mass is 815 g/mol. The first kappa shape index (κ1) is 42.4. The van der Waals surface area contributed by atoms with Crippen molar-refractivity contribution < 1.29 is 23.1 Å². The summed E-state index contributed by atoms with van der Waals surface area (Å²) in [4.78, 5) is 15.8. The number of ether oxygens (including phenoxy) is 1. The van der Waals surface area contributed by atoms with Crippen molar-refractivity contribution in [1.29, 1.82) is 0 Å². The molecule has 0 bridgehead atoms. The van der Waals surface area contributed by atoms with Gasteiger partial charge in [-0.05, 0) is 152 Å². The van der Waals surface area contributed by atoms with Crippen LogP contribution in [0.2, 0.25) is 0 Å². The summed E-state index contributed by atoms with van der Waals surface area (Å²) >= 11 is 0. The van der Waals surface area contributed by atoms with Crippen molar-refractivity contribution in [2.24, 2.45) is 56.7 Å². The van der Waals surface area contributed by atoms with Crippen LogP contribution >= 0.6 is 0 Å². The van der Waals surface area contributed by atoms with Gasteiger partial charge in [0, 0.05) is 31.7 Å². The SMILES string of the molecule is C=C(C)C1CC[C@]2(NCCN3CCS(=O)(=O)CC3)CC[C@]3(C)[C@H](CC[C@@H]4[C@@]5(C)CC=C(C6=CCC(CO)(C(=O)OCc7ccccc7)CC6)C(C)(C)[C@@H]5CC[C@]43C)[C@@H]12. The third-order valence-corrected chi connectivity index (χ3v) is 20.5. The van der Waals surface area contributed by atoms with Crippen molar-refractivity contribution >= 4 is 15.8 Å². The fourth-order valence-electron chi connectivity index (χ4n) is 15.5. The van der Waals surface area contributed by atoms with Crippen LogP contribution < -0.4 is 5.32 Å². The van der Waals surface area contributed by atoms with Crippen LogP contribution in [0.5, 0.6) is 0 Å². The minimum atomic E-state index is -2.87. The van der Waals surface area contributed by atoms with Gasteiger partial charge in [0.25, 0.3) is 0 Å². The molecule has 0 aromatic heterocycles. The summed E-state index contributed by atoms with van der Waals surface area (Å²) < 4.78 is 30.0. The van der Waals surface area contributed by atoms with Crippen molar-refractivity contribution in [2.75, 3.05) is 44.3 Å². The van der Waals surface area contributed by atoms with Crippen molar-refractivity contribution in [1.82, 2.24) is 10.2 Å². The van der Waals surface area contributed by atoms with E-state index >= 15 is 0 Å². The molecule has 5 fully saturated rings. The van der Waals surface area contributed by atoms with Crippen LogP contribution in [0.15, 0.2) is 65.8 Å². The summed E-state index contributed by atoms with van der Waals surface area (Å²) in [5.74, 6) is 3.39. The minimum Gasteiger partial charge on any atom is -0.460 e. The maximum Gasteiger partial charge on any atom is 0.315 e. The lowest BCUT2D eigenvalue weighted by Gasteiger charge is -2.72. The van der Waals surface area contributed by atoms with Gasteiger partial charge in [0.2, 0.25) is 0 Å². The first-order valence-electron chi connectivity index (χ1n) is 23.0. The van der Waals surface area contributed by atoms with Gasteiger partial charge in [-0.25, -0.2) is 8.42 Å². The van der Waals surface area contributed by atoms with Crippen LogP contribution in [0, 0.1) is 56.7 Å². The molecule has 10 atom stereocenters.